The van der Waals surface area contributed by atoms with Crippen molar-refractivity contribution < 1.29 is 9.15 Å². The van der Waals surface area contributed by atoms with Crippen molar-refractivity contribution in [3.63, 3.8) is 0 Å². The number of rotatable bonds is 9. The van der Waals surface area contributed by atoms with Crippen molar-refractivity contribution >= 4 is 11.9 Å². The van der Waals surface area contributed by atoms with Crippen LogP contribution in [-0.4, -0.2) is 28.1 Å². The second-order valence-electron chi connectivity index (χ2n) is 4.53. The lowest BCUT2D eigenvalue weighted by molar-refractivity contribution is 0.292. The molecule has 0 aliphatic heterocycles. The van der Waals surface area contributed by atoms with E-state index in [0.717, 1.165) is 24.9 Å². The van der Waals surface area contributed by atoms with Crippen molar-refractivity contribution in [2.45, 2.75) is 33.2 Å². The predicted molar refractivity (Wildman–Crippen MR) is 80.4 cm³/mol. The molecule has 0 atom stereocenters. The highest BCUT2D eigenvalue weighted by atomic mass is 16.5. The molecule has 0 spiro atoms. The van der Waals surface area contributed by atoms with E-state index in [-0.39, 0.29) is 0 Å². The zero-order valence-corrected chi connectivity index (χ0v) is 12.4. The average Bonchev–Trinajstić information content (AvgIpc) is 3.02. The molecule has 0 saturated heterocycles. The Bertz CT molecular complexity index is 504. The number of hydrogen-bond donors (Lipinski definition) is 2. The summed E-state index contributed by atoms with van der Waals surface area (Å²) >= 11 is 0. The maximum atomic E-state index is 5.49. The quantitative estimate of drug-likeness (QED) is 0.734. The SMILES string of the molecule is CCCNc1nc(NCc2ccoc2)nc(OCCC)n1. The molecule has 0 unspecified atom stereocenters. The first-order valence-electron chi connectivity index (χ1n) is 7.19. The highest BCUT2D eigenvalue weighted by Crippen LogP contribution is 2.13. The van der Waals surface area contributed by atoms with Gasteiger partial charge in [0.25, 0.3) is 0 Å². The molecule has 2 aromatic rings. The van der Waals surface area contributed by atoms with Crippen LogP contribution in [-0.2, 0) is 6.54 Å². The highest BCUT2D eigenvalue weighted by Gasteiger charge is 2.07. The molecule has 2 rings (SSSR count). The number of nitrogens with zero attached hydrogens (tertiary/aromatic N) is 3. The van der Waals surface area contributed by atoms with Gasteiger partial charge in [0.05, 0.1) is 19.1 Å². The third-order valence-electron chi connectivity index (χ3n) is 2.61. The molecule has 0 aliphatic rings. The van der Waals surface area contributed by atoms with E-state index in [1.165, 1.54) is 0 Å². The maximum absolute atomic E-state index is 5.49. The van der Waals surface area contributed by atoms with E-state index in [0.29, 0.717) is 31.1 Å². The molecule has 0 bridgehead atoms. The van der Waals surface area contributed by atoms with E-state index in [1.807, 2.05) is 13.0 Å². The van der Waals surface area contributed by atoms with Crippen molar-refractivity contribution in [1.29, 1.82) is 0 Å². The summed E-state index contributed by atoms with van der Waals surface area (Å²) in [6, 6.07) is 2.22. The summed E-state index contributed by atoms with van der Waals surface area (Å²) in [6.45, 7) is 6.09. The van der Waals surface area contributed by atoms with Crippen LogP contribution in [0.15, 0.2) is 23.0 Å². The zero-order chi connectivity index (χ0) is 14.9. The summed E-state index contributed by atoms with van der Waals surface area (Å²) in [6.07, 6.45) is 5.21. The van der Waals surface area contributed by atoms with Gasteiger partial charge in [-0.2, -0.15) is 15.0 Å². The maximum Gasteiger partial charge on any atom is 0.323 e. The van der Waals surface area contributed by atoms with Crippen molar-refractivity contribution in [2.24, 2.45) is 0 Å². The summed E-state index contributed by atoms with van der Waals surface area (Å²) in [7, 11) is 0. The number of nitrogens with one attached hydrogen (secondary N) is 2. The Balaban J connectivity index is 2.05. The van der Waals surface area contributed by atoms with Crippen molar-refractivity contribution in [3.8, 4) is 6.01 Å². The number of aromatic nitrogens is 3. The first kappa shape index (κ1) is 15.1. The summed E-state index contributed by atoms with van der Waals surface area (Å²) in [5.74, 6) is 1.00. The van der Waals surface area contributed by atoms with Gasteiger partial charge in [0.2, 0.25) is 11.9 Å². The Morgan fingerprint density at radius 1 is 1.10 bits per heavy atom. The van der Waals surface area contributed by atoms with Gasteiger partial charge in [0.15, 0.2) is 0 Å². The van der Waals surface area contributed by atoms with Crippen LogP contribution in [0.2, 0.25) is 0 Å². The van der Waals surface area contributed by atoms with Crippen LogP contribution in [0.4, 0.5) is 11.9 Å². The molecular formula is C14H21N5O2. The molecule has 0 radical (unpaired) electrons. The fourth-order valence-corrected chi connectivity index (χ4v) is 1.58. The van der Waals surface area contributed by atoms with Crippen LogP contribution in [0, 0.1) is 0 Å². The van der Waals surface area contributed by atoms with E-state index < -0.39 is 0 Å². The first-order chi connectivity index (χ1) is 10.3. The van der Waals surface area contributed by atoms with Crippen LogP contribution >= 0.6 is 0 Å². The van der Waals surface area contributed by atoms with Crippen molar-refractivity contribution in [1.82, 2.24) is 15.0 Å². The van der Waals surface area contributed by atoms with Gasteiger partial charge < -0.3 is 19.8 Å². The van der Waals surface area contributed by atoms with E-state index >= 15 is 0 Å². The largest absolute Gasteiger partial charge is 0.472 e. The normalized spacial score (nSPS) is 10.4. The fourth-order valence-electron chi connectivity index (χ4n) is 1.58. The number of ether oxygens (including phenoxy) is 1. The molecule has 0 saturated carbocycles. The molecule has 21 heavy (non-hydrogen) atoms. The van der Waals surface area contributed by atoms with Gasteiger partial charge in [-0.3, -0.25) is 0 Å². The third kappa shape index (κ3) is 4.94. The molecule has 7 nitrogen and oxygen atoms in total. The van der Waals surface area contributed by atoms with Gasteiger partial charge >= 0.3 is 6.01 Å². The lowest BCUT2D eigenvalue weighted by atomic mass is 10.3. The summed E-state index contributed by atoms with van der Waals surface area (Å²) in [5.41, 5.74) is 1.02. The summed E-state index contributed by atoms with van der Waals surface area (Å²) < 4.78 is 10.5. The third-order valence-corrected chi connectivity index (χ3v) is 2.61. The van der Waals surface area contributed by atoms with Crippen LogP contribution in [0.3, 0.4) is 0 Å². The van der Waals surface area contributed by atoms with Crippen LogP contribution in [0.5, 0.6) is 6.01 Å². The first-order valence-corrected chi connectivity index (χ1v) is 7.19. The molecule has 114 valence electrons. The van der Waals surface area contributed by atoms with Crippen molar-refractivity contribution in [3.05, 3.63) is 24.2 Å². The van der Waals surface area contributed by atoms with E-state index in [2.05, 4.69) is 32.5 Å². The lowest BCUT2D eigenvalue weighted by Gasteiger charge is -2.09. The Morgan fingerprint density at radius 2 is 1.90 bits per heavy atom. The number of anilines is 2. The van der Waals surface area contributed by atoms with E-state index in [1.54, 1.807) is 12.5 Å². The molecule has 0 amide bonds. The van der Waals surface area contributed by atoms with Gasteiger partial charge in [0.1, 0.15) is 0 Å². The molecule has 0 aromatic carbocycles. The minimum absolute atomic E-state index is 0.333. The minimum atomic E-state index is 0.333. The monoisotopic (exact) mass is 291 g/mol. The Labute approximate surface area is 124 Å². The molecular weight excluding hydrogens is 270 g/mol. The molecule has 2 aromatic heterocycles. The number of hydrogen-bond acceptors (Lipinski definition) is 7. The second kappa shape index (κ2) is 8.08. The zero-order valence-electron chi connectivity index (χ0n) is 12.4. The average molecular weight is 291 g/mol. The van der Waals surface area contributed by atoms with Gasteiger partial charge in [-0.05, 0) is 18.9 Å². The Morgan fingerprint density at radius 3 is 2.57 bits per heavy atom. The van der Waals surface area contributed by atoms with Crippen LogP contribution in [0.25, 0.3) is 0 Å². The molecule has 0 aliphatic carbocycles. The fraction of sp³-hybridized carbons (Fsp3) is 0.500. The minimum Gasteiger partial charge on any atom is -0.472 e. The van der Waals surface area contributed by atoms with E-state index in [9.17, 15) is 0 Å². The van der Waals surface area contributed by atoms with Gasteiger partial charge in [-0.25, -0.2) is 0 Å². The lowest BCUT2D eigenvalue weighted by Crippen LogP contribution is -2.11. The van der Waals surface area contributed by atoms with Gasteiger partial charge in [-0.1, -0.05) is 13.8 Å². The van der Waals surface area contributed by atoms with Crippen LogP contribution < -0.4 is 15.4 Å². The van der Waals surface area contributed by atoms with E-state index in [4.69, 9.17) is 9.15 Å². The summed E-state index contributed by atoms with van der Waals surface area (Å²) in [5, 5.41) is 6.28. The standard InChI is InChI=1S/C14H21N5O2/c1-3-6-15-12-17-13(16-9-11-5-8-20-10-11)19-14(18-12)21-7-4-2/h5,8,10H,3-4,6-7,9H2,1-2H3,(H2,15,16,17,18,19). The highest BCUT2D eigenvalue weighted by molar-refractivity contribution is 5.36. The predicted octanol–water partition coefficient (Wildman–Crippen LogP) is 2.69. The summed E-state index contributed by atoms with van der Waals surface area (Å²) in [4.78, 5) is 12.8. The van der Waals surface area contributed by atoms with Crippen molar-refractivity contribution in [2.75, 3.05) is 23.8 Å². The van der Waals surface area contributed by atoms with Gasteiger partial charge in [0, 0.05) is 18.7 Å². The Kier molecular flexibility index (Phi) is 5.81. The number of furan rings is 1. The van der Waals surface area contributed by atoms with Gasteiger partial charge in [-0.15, -0.1) is 0 Å². The van der Waals surface area contributed by atoms with Crippen LogP contribution in [0.1, 0.15) is 32.3 Å². The molecule has 2 heterocycles. The molecule has 7 heteroatoms. The molecule has 2 N–H and O–H groups in total. The Hall–Kier alpha value is -2.31. The topological polar surface area (TPSA) is 85.1 Å². The smallest absolute Gasteiger partial charge is 0.323 e. The second-order valence-corrected chi connectivity index (χ2v) is 4.53. The molecule has 0 fully saturated rings.